The van der Waals surface area contributed by atoms with Gasteiger partial charge in [-0.3, -0.25) is 9.97 Å². The molecule has 0 saturated heterocycles. The molecule has 1 aliphatic rings. The van der Waals surface area contributed by atoms with Crippen LogP contribution < -0.4 is 10.6 Å². The summed E-state index contributed by atoms with van der Waals surface area (Å²) in [6, 6.07) is 5.74. The van der Waals surface area contributed by atoms with Gasteiger partial charge in [-0.05, 0) is 87.3 Å². The summed E-state index contributed by atoms with van der Waals surface area (Å²) >= 11 is 3.45. The maximum atomic E-state index is 11.5. The second-order valence-corrected chi connectivity index (χ2v) is 12.2. The Bertz CT molecular complexity index is 1510. The van der Waals surface area contributed by atoms with Crippen molar-refractivity contribution in [1.29, 1.82) is 0 Å². The lowest BCUT2D eigenvalue weighted by Gasteiger charge is -2.19. The van der Waals surface area contributed by atoms with E-state index in [1.807, 2.05) is 45.2 Å². The van der Waals surface area contributed by atoms with Crippen LogP contribution in [0.2, 0.25) is 0 Å². The van der Waals surface area contributed by atoms with E-state index in [1.54, 1.807) is 58.2 Å². The fourth-order valence-electron chi connectivity index (χ4n) is 3.42. The summed E-state index contributed by atoms with van der Waals surface area (Å²) in [5.74, 6) is 8.53. The molecule has 1 atom stereocenters. The van der Waals surface area contributed by atoms with E-state index in [0.717, 1.165) is 27.8 Å². The number of halogens is 1. The molecule has 0 aromatic carbocycles. The second-order valence-electron chi connectivity index (χ2n) is 11.3. The summed E-state index contributed by atoms with van der Waals surface area (Å²) in [7, 11) is 0. The number of hydrogen-bond acceptors (Lipinski definition) is 8. The highest BCUT2D eigenvalue weighted by Crippen LogP contribution is 2.28. The van der Waals surface area contributed by atoms with E-state index in [0.29, 0.717) is 5.92 Å². The van der Waals surface area contributed by atoms with Gasteiger partial charge in [0.25, 0.3) is 0 Å². The Morgan fingerprint density at radius 1 is 1.00 bits per heavy atom. The number of aromatic nitrogens is 2. The first-order valence-corrected chi connectivity index (χ1v) is 14.8. The van der Waals surface area contributed by atoms with Gasteiger partial charge in [-0.1, -0.05) is 17.8 Å². The van der Waals surface area contributed by atoms with Gasteiger partial charge < -0.3 is 29.3 Å². The van der Waals surface area contributed by atoms with Gasteiger partial charge in [-0.2, -0.15) is 0 Å². The average Bonchev–Trinajstić information content (AvgIpc) is 3.69. The fourth-order valence-corrected chi connectivity index (χ4v) is 3.96. The molecule has 2 N–H and O–H groups in total. The number of pyridine rings is 2. The second kappa shape index (κ2) is 18.2. The zero-order chi connectivity index (χ0) is 33.3. The third-order valence-corrected chi connectivity index (χ3v) is 5.88. The number of furan rings is 1. The molecule has 0 saturated carbocycles. The number of hydrogen-bond donors (Lipinski definition) is 2. The monoisotopic (exact) mass is 678 g/mol. The smallest absolute Gasteiger partial charge is 0.408 e. The Labute approximate surface area is 273 Å². The normalized spacial score (nSPS) is 13.2. The van der Waals surface area contributed by atoms with Crippen LogP contribution >= 0.6 is 15.9 Å². The third kappa shape index (κ3) is 15.0. The molecule has 238 valence electrons. The van der Waals surface area contributed by atoms with E-state index in [1.165, 1.54) is 5.56 Å². The zero-order valence-corrected chi connectivity index (χ0v) is 27.9. The van der Waals surface area contributed by atoms with E-state index >= 15 is 0 Å². The predicted octanol–water partition coefficient (Wildman–Crippen LogP) is 6.83. The first-order valence-electron chi connectivity index (χ1n) is 14.0. The minimum Gasteiger partial charge on any atom is -0.501 e. The standard InChI is InChI=1S/C17H18N2O3.C9H8BrNO.C8H13NO2/c1-17(2,3)22-16(20)19-8-4-5-13-11-18-9-6-15(13)14-7-10-21-12-14;10-9-5-11-3-1-8(9)7-2-4-12-6-7;1-5-6-9-7(10)11-8(2,3)4/h6-7,9-12H,8H2,1-3H3,(H,19,20);1-5,7H,6H2;1H,6H2,2-4H3,(H,9,10). The highest BCUT2D eigenvalue weighted by molar-refractivity contribution is 9.10. The largest absolute Gasteiger partial charge is 0.501 e. The summed E-state index contributed by atoms with van der Waals surface area (Å²) < 4.78 is 21.3. The van der Waals surface area contributed by atoms with Gasteiger partial charge >= 0.3 is 12.2 Å². The molecule has 4 rings (SSSR count). The number of terminal acetylenes is 1. The lowest BCUT2D eigenvalue weighted by atomic mass is 10.0. The van der Waals surface area contributed by atoms with Crippen LogP contribution in [0.25, 0.3) is 11.1 Å². The van der Waals surface area contributed by atoms with Crippen molar-refractivity contribution in [2.45, 2.75) is 58.7 Å². The molecule has 4 heterocycles. The summed E-state index contributed by atoms with van der Waals surface area (Å²) in [6.45, 7) is 12.0. The van der Waals surface area contributed by atoms with Crippen LogP contribution in [-0.2, 0) is 14.2 Å². The molecule has 1 aliphatic heterocycles. The van der Waals surface area contributed by atoms with Crippen molar-refractivity contribution in [1.82, 2.24) is 20.6 Å². The molecule has 0 bridgehead atoms. The molecule has 2 amide bonds. The summed E-state index contributed by atoms with van der Waals surface area (Å²) in [5.41, 5.74) is 2.91. The van der Waals surface area contributed by atoms with Crippen molar-refractivity contribution in [3.63, 3.8) is 0 Å². The Kier molecular flexibility index (Phi) is 14.7. The molecule has 3 aromatic rings. The van der Waals surface area contributed by atoms with Crippen LogP contribution in [0.4, 0.5) is 9.59 Å². The van der Waals surface area contributed by atoms with Gasteiger partial charge in [0.15, 0.2) is 0 Å². The number of alkyl carbamates (subject to hydrolysis) is 2. The molecule has 45 heavy (non-hydrogen) atoms. The van der Waals surface area contributed by atoms with Gasteiger partial charge in [0, 0.05) is 46.3 Å². The van der Waals surface area contributed by atoms with Crippen LogP contribution in [0.15, 0.2) is 76.7 Å². The van der Waals surface area contributed by atoms with E-state index in [4.69, 9.17) is 25.1 Å². The highest BCUT2D eigenvalue weighted by Gasteiger charge is 2.16. The molecule has 0 spiro atoms. The molecule has 0 fully saturated rings. The van der Waals surface area contributed by atoms with E-state index in [2.05, 4.69) is 60.4 Å². The number of amides is 2. The molecule has 3 aromatic heterocycles. The first kappa shape index (κ1) is 36.5. The van der Waals surface area contributed by atoms with Crippen LogP contribution in [0.3, 0.4) is 0 Å². The minimum absolute atomic E-state index is 0.203. The van der Waals surface area contributed by atoms with Gasteiger partial charge in [0.05, 0.1) is 44.0 Å². The van der Waals surface area contributed by atoms with Crippen molar-refractivity contribution in [2.24, 2.45) is 0 Å². The average molecular weight is 680 g/mol. The zero-order valence-electron chi connectivity index (χ0n) is 26.3. The molecular formula is C34H39BrN4O6. The Morgan fingerprint density at radius 3 is 2.20 bits per heavy atom. The molecule has 11 heteroatoms. The van der Waals surface area contributed by atoms with Crippen molar-refractivity contribution in [3.05, 3.63) is 83.5 Å². The summed E-state index contributed by atoms with van der Waals surface area (Å²) in [5, 5.41) is 4.98. The van der Waals surface area contributed by atoms with Crippen molar-refractivity contribution >= 4 is 28.1 Å². The van der Waals surface area contributed by atoms with E-state index < -0.39 is 23.4 Å². The van der Waals surface area contributed by atoms with Crippen molar-refractivity contribution < 1.29 is 28.2 Å². The van der Waals surface area contributed by atoms with Gasteiger partial charge in [-0.25, -0.2) is 9.59 Å². The number of ether oxygens (including phenoxy) is 3. The highest BCUT2D eigenvalue weighted by atomic mass is 79.9. The number of carbonyl (C=O) groups excluding carboxylic acids is 2. The maximum Gasteiger partial charge on any atom is 0.408 e. The minimum atomic E-state index is -0.519. The number of nitrogens with one attached hydrogen (secondary N) is 2. The maximum absolute atomic E-state index is 11.5. The Hall–Kier alpha value is -4.74. The van der Waals surface area contributed by atoms with Crippen LogP contribution in [-0.4, -0.2) is 53.1 Å². The Balaban J connectivity index is 0.000000259. The number of carbonyl (C=O) groups is 2. The molecular weight excluding hydrogens is 640 g/mol. The molecule has 0 aliphatic carbocycles. The Morgan fingerprint density at radius 2 is 1.64 bits per heavy atom. The number of rotatable bonds is 4. The third-order valence-electron chi connectivity index (χ3n) is 5.22. The molecule has 0 radical (unpaired) electrons. The fraction of sp³-hybridized carbons (Fsp3) is 0.353. The van der Waals surface area contributed by atoms with Gasteiger partial charge in [0.2, 0.25) is 0 Å². The summed E-state index contributed by atoms with van der Waals surface area (Å²) in [6.07, 6.45) is 18.0. The first-order chi connectivity index (χ1) is 21.3. The lowest BCUT2D eigenvalue weighted by molar-refractivity contribution is 0.0523. The van der Waals surface area contributed by atoms with E-state index in [9.17, 15) is 9.59 Å². The summed E-state index contributed by atoms with van der Waals surface area (Å²) in [4.78, 5) is 30.4. The topological polar surface area (TPSA) is 125 Å². The van der Waals surface area contributed by atoms with Crippen LogP contribution in [0.1, 0.15) is 58.6 Å². The molecule has 1 unspecified atom stereocenters. The van der Waals surface area contributed by atoms with Crippen LogP contribution in [0.5, 0.6) is 0 Å². The molecule has 10 nitrogen and oxygen atoms in total. The SMILES string of the molecule is Brc1cnccc1C1C=COC1.C#CCNC(=O)OC(C)(C)C.CC(C)(C)OC(=O)NCC#Cc1cnccc1-c1ccoc1. The number of nitrogens with zero attached hydrogens (tertiary/aromatic N) is 2. The lowest BCUT2D eigenvalue weighted by Crippen LogP contribution is -2.32. The van der Waals surface area contributed by atoms with Crippen molar-refractivity contribution in [2.75, 3.05) is 19.7 Å². The van der Waals surface area contributed by atoms with Crippen LogP contribution in [0, 0.1) is 24.2 Å². The van der Waals surface area contributed by atoms with Crippen molar-refractivity contribution in [3.8, 4) is 35.3 Å². The predicted molar refractivity (Wildman–Crippen MR) is 176 cm³/mol. The van der Waals surface area contributed by atoms with E-state index in [-0.39, 0.29) is 13.1 Å². The van der Waals surface area contributed by atoms with Gasteiger partial charge in [0.1, 0.15) is 11.2 Å². The quantitative estimate of drug-likeness (QED) is 0.288. The van der Waals surface area contributed by atoms with Gasteiger partial charge in [-0.15, -0.1) is 6.42 Å².